The van der Waals surface area contributed by atoms with Crippen LogP contribution in [0.5, 0.6) is 11.5 Å². The number of esters is 2. The van der Waals surface area contributed by atoms with E-state index in [1.807, 2.05) is 124 Å². The topological polar surface area (TPSA) is 145 Å². The molecular formula is C53H74O12. The number of hydrogen-bond donors (Lipinski definition) is 1. The zero-order chi connectivity index (χ0) is 46.9. The summed E-state index contributed by atoms with van der Waals surface area (Å²) in [6.07, 6.45) is 13.6. The molecule has 12 heteroatoms. The van der Waals surface area contributed by atoms with Gasteiger partial charge in [-0.2, -0.15) is 0 Å². The maximum Gasteiger partial charge on any atom is 0.339 e. The number of fused-ring (bicyclic) bond motifs is 4. The molecule has 12 nitrogen and oxygen atoms in total. The number of ketones is 1. The highest BCUT2D eigenvalue weighted by Crippen LogP contribution is 2.36. The van der Waals surface area contributed by atoms with Gasteiger partial charge >= 0.3 is 11.9 Å². The van der Waals surface area contributed by atoms with Crippen molar-refractivity contribution in [3.05, 3.63) is 94.1 Å². The van der Waals surface area contributed by atoms with Crippen molar-refractivity contribution in [2.75, 3.05) is 13.2 Å². The monoisotopic (exact) mass is 903 g/mol. The molecule has 0 aromatic heterocycles. The van der Waals surface area contributed by atoms with E-state index in [-0.39, 0.29) is 43.2 Å². The molecule has 0 saturated carbocycles. The Kier molecular flexibility index (Phi) is 19.0. The van der Waals surface area contributed by atoms with Crippen LogP contribution in [0.15, 0.2) is 60.7 Å². The number of cyclic esters (lactones) is 2. The number of hydrogen-bond acceptors (Lipinski definition) is 12. The number of aliphatic hydroxyl groups excluding tert-OH is 1. The molecule has 2 saturated heterocycles. The Hall–Kier alpha value is -4.59. The molecule has 9 atom stereocenters. The van der Waals surface area contributed by atoms with E-state index in [1.165, 1.54) is 6.08 Å². The Morgan fingerprint density at radius 3 is 1.60 bits per heavy atom. The quantitative estimate of drug-likeness (QED) is 0.218. The summed E-state index contributed by atoms with van der Waals surface area (Å²) in [5.41, 5.74) is 4.02. The highest BCUT2D eigenvalue weighted by atomic mass is 16.8. The largest absolute Gasteiger partial charge is 0.493 e. The summed E-state index contributed by atoms with van der Waals surface area (Å²) in [5, 5.41) is 10.8. The Labute approximate surface area is 387 Å². The Bertz CT molecular complexity index is 2080. The standard InChI is InChI=1S/C26H36O6.C26H34O6.CH4/c2*1-7-15-29-21-14-12-17(3)23-19(21)9-8-10-22-24(32-26(5,6)31-22)20(27)13-11-16(2)18(4)30-25(23)28;/h8-9,11-14,16,18,20,22,24,27H,7,10,15H2,1-6H3;8-9,11-14,16,18,22,24H,7,10,15H2,1-6H3;1H4/b2*9-8+,13-11-;/t16-,18+,20?,22+,24-;16-,18+,22+,24-;/m11./s1. The van der Waals surface area contributed by atoms with Crippen LogP contribution in [0.1, 0.15) is 145 Å². The van der Waals surface area contributed by atoms with Gasteiger partial charge in [-0.05, 0) is 110 Å². The number of carbonyl (C=O) groups excluding carboxylic acids is 3. The Morgan fingerprint density at radius 1 is 0.631 bits per heavy atom. The lowest BCUT2D eigenvalue weighted by Gasteiger charge is -2.23. The van der Waals surface area contributed by atoms with Gasteiger partial charge in [-0.1, -0.05) is 89.8 Å². The summed E-state index contributed by atoms with van der Waals surface area (Å²) in [7, 11) is 0. The molecule has 2 aromatic rings. The first-order valence-corrected chi connectivity index (χ1v) is 22.8. The lowest BCUT2D eigenvalue weighted by atomic mass is 9.97. The lowest BCUT2D eigenvalue weighted by Crippen LogP contribution is -2.34. The number of aryl methyl sites for hydroxylation is 2. The lowest BCUT2D eigenvalue weighted by molar-refractivity contribution is -0.152. The van der Waals surface area contributed by atoms with Crippen molar-refractivity contribution in [1.82, 2.24) is 0 Å². The van der Waals surface area contributed by atoms with Gasteiger partial charge in [-0.3, -0.25) is 4.79 Å². The normalized spacial score (nSPS) is 30.6. The number of rotatable bonds is 6. The van der Waals surface area contributed by atoms with E-state index in [1.54, 1.807) is 26.0 Å². The molecule has 0 radical (unpaired) electrons. The smallest absolute Gasteiger partial charge is 0.339 e. The van der Waals surface area contributed by atoms with Crippen LogP contribution < -0.4 is 9.47 Å². The Morgan fingerprint density at radius 2 is 1.09 bits per heavy atom. The van der Waals surface area contributed by atoms with Crippen LogP contribution >= 0.6 is 0 Å². The predicted octanol–water partition coefficient (Wildman–Crippen LogP) is 10.5. The van der Waals surface area contributed by atoms with Gasteiger partial charge < -0.3 is 43.0 Å². The van der Waals surface area contributed by atoms with Crippen molar-refractivity contribution >= 4 is 29.9 Å². The fourth-order valence-electron chi connectivity index (χ4n) is 7.91. The molecule has 2 aromatic carbocycles. The third kappa shape index (κ3) is 13.7. The van der Waals surface area contributed by atoms with Gasteiger partial charge in [0.2, 0.25) is 0 Å². The first-order valence-electron chi connectivity index (χ1n) is 22.8. The number of aliphatic hydroxyl groups is 1. The zero-order valence-electron chi connectivity index (χ0n) is 39.8. The maximum absolute atomic E-state index is 13.2. The van der Waals surface area contributed by atoms with E-state index in [4.69, 9.17) is 37.9 Å². The van der Waals surface area contributed by atoms with E-state index in [2.05, 4.69) is 0 Å². The first-order chi connectivity index (χ1) is 30.3. The highest BCUT2D eigenvalue weighted by molar-refractivity contribution is 5.97. The molecule has 1 N–H and O–H groups in total. The fourth-order valence-corrected chi connectivity index (χ4v) is 7.91. The van der Waals surface area contributed by atoms with Crippen molar-refractivity contribution < 1.29 is 57.4 Å². The van der Waals surface area contributed by atoms with E-state index >= 15 is 0 Å². The SMILES string of the molecule is C.CCCOc1ccc(C)c2c1/C=C/C[C@@H]1OC(C)(C)O[C@@H]1C(=O)/C=C\[C@@H](C)[C@H](C)OC2=O.CCCOc1ccc(C)c2c1/C=C/C[C@@H]1OC(C)(C)O[C@@H]1C(O)/C=C\[C@@H](C)[C@H](C)OC2=O. The number of carbonyl (C=O) groups is 3. The molecule has 6 rings (SSSR count). The van der Waals surface area contributed by atoms with E-state index in [9.17, 15) is 19.5 Å². The van der Waals surface area contributed by atoms with Gasteiger partial charge in [0, 0.05) is 23.0 Å². The molecule has 1 unspecified atom stereocenters. The minimum Gasteiger partial charge on any atom is -0.493 e. The summed E-state index contributed by atoms with van der Waals surface area (Å²) in [5.74, 6) is -1.54. The number of ether oxygens (including phenoxy) is 8. The van der Waals surface area contributed by atoms with Gasteiger partial charge in [-0.25, -0.2) is 9.59 Å². The van der Waals surface area contributed by atoms with Crippen LogP contribution in [0.25, 0.3) is 12.2 Å². The van der Waals surface area contributed by atoms with Gasteiger partial charge in [0.05, 0.1) is 36.5 Å². The summed E-state index contributed by atoms with van der Waals surface area (Å²) in [4.78, 5) is 39.2. The fraction of sp³-hybridized carbons (Fsp3) is 0.566. The molecule has 0 spiro atoms. The summed E-state index contributed by atoms with van der Waals surface area (Å²) in [6.45, 7) is 23.8. The molecule has 4 aliphatic heterocycles. The van der Waals surface area contributed by atoms with Crippen molar-refractivity contribution in [1.29, 1.82) is 0 Å². The molecule has 0 bridgehead atoms. The van der Waals surface area contributed by atoms with Gasteiger partial charge in [-0.15, -0.1) is 0 Å². The van der Waals surface area contributed by atoms with Crippen LogP contribution in [0.3, 0.4) is 0 Å². The van der Waals surface area contributed by atoms with Crippen LogP contribution in [-0.2, 0) is 33.2 Å². The zero-order valence-corrected chi connectivity index (χ0v) is 39.8. The maximum atomic E-state index is 13.2. The highest BCUT2D eigenvalue weighted by Gasteiger charge is 2.45. The van der Waals surface area contributed by atoms with Crippen molar-refractivity contribution in [2.24, 2.45) is 11.8 Å². The molecule has 65 heavy (non-hydrogen) atoms. The summed E-state index contributed by atoms with van der Waals surface area (Å²) in [6, 6.07) is 7.54. The second-order valence-electron chi connectivity index (χ2n) is 18.1. The predicted molar refractivity (Wildman–Crippen MR) is 253 cm³/mol. The third-order valence-electron chi connectivity index (χ3n) is 11.7. The van der Waals surface area contributed by atoms with Gasteiger partial charge in [0.25, 0.3) is 0 Å². The van der Waals surface area contributed by atoms with Crippen LogP contribution in [0, 0.1) is 25.7 Å². The molecule has 2 fully saturated rings. The summed E-state index contributed by atoms with van der Waals surface area (Å²) < 4.78 is 47.5. The third-order valence-corrected chi connectivity index (χ3v) is 11.7. The second-order valence-corrected chi connectivity index (χ2v) is 18.1. The molecule has 358 valence electrons. The van der Waals surface area contributed by atoms with E-state index in [0.717, 1.165) is 24.0 Å². The minimum atomic E-state index is -0.845. The van der Waals surface area contributed by atoms with Gasteiger partial charge in [0.1, 0.15) is 42.0 Å². The second kappa shape index (κ2) is 23.2. The molecule has 0 amide bonds. The minimum absolute atomic E-state index is 0. The van der Waals surface area contributed by atoms with Crippen LogP contribution in [-0.4, -0.2) is 90.3 Å². The van der Waals surface area contributed by atoms with E-state index in [0.29, 0.717) is 59.8 Å². The number of benzene rings is 2. The van der Waals surface area contributed by atoms with Gasteiger partial charge in [0.15, 0.2) is 17.4 Å². The Balaban J connectivity index is 0.000000280. The average Bonchev–Trinajstić information content (AvgIpc) is 3.73. The van der Waals surface area contributed by atoms with Crippen molar-refractivity contribution in [3.8, 4) is 11.5 Å². The van der Waals surface area contributed by atoms with Crippen LogP contribution in [0.2, 0.25) is 0 Å². The molecular weight excluding hydrogens is 829 g/mol. The summed E-state index contributed by atoms with van der Waals surface area (Å²) >= 11 is 0. The first kappa shape index (κ1) is 53.0. The van der Waals surface area contributed by atoms with Crippen molar-refractivity contribution in [3.63, 3.8) is 0 Å². The van der Waals surface area contributed by atoms with Crippen LogP contribution in [0.4, 0.5) is 0 Å². The van der Waals surface area contributed by atoms with Crippen molar-refractivity contribution in [2.45, 2.75) is 170 Å². The molecule has 4 heterocycles. The molecule has 4 aliphatic rings. The average molecular weight is 903 g/mol. The molecule has 0 aliphatic carbocycles. The van der Waals surface area contributed by atoms with E-state index < -0.39 is 48.1 Å².